The molecule has 150 valence electrons. The molecular weight excluding hydrogens is 402 g/mol. The van der Waals surface area contributed by atoms with Gasteiger partial charge < -0.3 is 14.5 Å². The van der Waals surface area contributed by atoms with Crippen LogP contribution in [0.4, 0.5) is 0 Å². The van der Waals surface area contributed by atoms with E-state index in [0.29, 0.717) is 22.2 Å². The summed E-state index contributed by atoms with van der Waals surface area (Å²) in [7, 11) is 1.56. The molecule has 0 spiro atoms. The molecule has 0 saturated heterocycles. The predicted molar refractivity (Wildman–Crippen MR) is 113 cm³/mol. The highest BCUT2D eigenvalue weighted by atomic mass is 35.5. The van der Waals surface area contributed by atoms with Gasteiger partial charge in [-0.15, -0.1) is 10.2 Å². The number of methoxy groups -OCH3 is 1. The summed E-state index contributed by atoms with van der Waals surface area (Å²) in [5.41, 5.74) is 2.02. The lowest BCUT2D eigenvalue weighted by atomic mass is 10.1. The maximum atomic E-state index is 12.9. The standard InChI is InChI=1S/C23H18ClN3O3/c1-29-19-9-5-8-17(14-19)21(28)25-20(15-6-3-2-4-7-15)23-27-26-22(30-23)16-10-12-18(24)13-11-16/h2-14,20H,1H3,(H,25,28). The topological polar surface area (TPSA) is 77.2 Å². The number of hydrogen-bond donors (Lipinski definition) is 1. The van der Waals surface area contributed by atoms with Gasteiger partial charge in [-0.25, -0.2) is 0 Å². The van der Waals surface area contributed by atoms with Crippen LogP contribution in [0.3, 0.4) is 0 Å². The van der Waals surface area contributed by atoms with E-state index in [0.717, 1.165) is 11.1 Å². The Hall–Kier alpha value is -3.64. The molecule has 0 aliphatic heterocycles. The zero-order valence-electron chi connectivity index (χ0n) is 16.1. The van der Waals surface area contributed by atoms with Crippen molar-refractivity contribution < 1.29 is 13.9 Å². The second kappa shape index (κ2) is 8.80. The summed E-state index contributed by atoms with van der Waals surface area (Å²) in [4.78, 5) is 12.9. The van der Waals surface area contributed by atoms with Crippen molar-refractivity contribution in [3.05, 3.63) is 101 Å². The Balaban J connectivity index is 1.66. The second-order valence-corrected chi connectivity index (χ2v) is 6.94. The molecule has 0 aliphatic carbocycles. The number of carbonyl (C=O) groups excluding carboxylic acids is 1. The number of benzene rings is 3. The van der Waals surface area contributed by atoms with Crippen LogP contribution in [-0.4, -0.2) is 23.2 Å². The van der Waals surface area contributed by atoms with E-state index in [4.69, 9.17) is 20.8 Å². The first kappa shape index (κ1) is 19.7. The molecule has 7 heteroatoms. The van der Waals surface area contributed by atoms with Gasteiger partial charge in [0.25, 0.3) is 5.91 Å². The monoisotopic (exact) mass is 419 g/mol. The van der Waals surface area contributed by atoms with Gasteiger partial charge >= 0.3 is 0 Å². The Morgan fingerprint density at radius 3 is 2.50 bits per heavy atom. The van der Waals surface area contributed by atoms with Crippen LogP contribution in [0, 0.1) is 0 Å². The zero-order chi connectivity index (χ0) is 20.9. The second-order valence-electron chi connectivity index (χ2n) is 6.50. The third kappa shape index (κ3) is 4.34. The number of nitrogens with one attached hydrogen (secondary N) is 1. The number of nitrogens with zero attached hydrogens (tertiary/aromatic N) is 2. The van der Waals surface area contributed by atoms with Crippen LogP contribution in [0.25, 0.3) is 11.5 Å². The Kier molecular flexibility index (Phi) is 5.77. The number of amides is 1. The Morgan fingerprint density at radius 1 is 1.00 bits per heavy atom. The van der Waals surface area contributed by atoms with Crippen LogP contribution in [0.1, 0.15) is 27.9 Å². The van der Waals surface area contributed by atoms with E-state index in [9.17, 15) is 4.79 Å². The van der Waals surface area contributed by atoms with Crippen LogP contribution < -0.4 is 10.1 Å². The van der Waals surface area contributed by atoms with E-state index in [2.05, 4.69) is 15.5 Å². The molecule has 30 heavy (non-hydrogen) atoms. The minimum Gasteiger partial charge on any atom is -0.497 e. The van der Waals surface area contributed by atoms with E-state index in [1.807, 2.05) is 30.3 Å². The van der Waals surface area contributed by atoms with Crippen LogP contribution >= 0.6 is 11.6 Å². The molecule has 1 atom stereocenters. The van der Waals surface area contributed by atoms with Crippen LogP contribution in [0.15, 0.2) is 83.3 Å². The van der Waals surface area contributed by atoms with E-state index >= 15 is 0 Å². The summed E-state index contributed by atoms with van der Waals surface area (Å²) < 4.78 is 11.1. The summed E-state index contributed by atoms with van der Waals surface area (Å²) in [5.74, 6) is 0.941. The molecule has 1 heterocycles. The van der Waals surface area contributed by atoms with E-state index in [1.165, 1.54) is 0 Å². The quantitative estimate of drug-likeness (QED) is 0.480. The smallest absolute Gasteiger partial charge is 0.252 e. The molecule has 6 nitrogen and oxygen atoms in total. The van der Waals surface area contributed by atoms with Crippen LogP contribution in [0.2, 0.25) is 5.02 Å². The molecule has 1 unspecified atom stereocenters. The lowest BCUT2D eigenvalue weighted by Crippen LogP contribution is -2.29. The van der Waals surface area contributed by atoms with E-state index < -0.39 is 6.04 Å². The van der Waals surface area contributed by atoms with Crippen molar-refractivity contribution in [1.82, 2.24) is 15.5 Å². The van der Waals surface area contributed by atoms with E-state index in [-0.39, 0.29) is 11.8 Å². The van der Waals surface area contributed by atoms with Crippen molar-refractivity contribution >= 4 is 17.5 Å². The number of hydrogen-bond acceptors (Lipinski definition) is 5. The molecule has 0 saturated carbocycles. The lowest BCUT2D eigenvalue weighted by Gasteiger charge is -2.16. The van der Waals surface area contributed by atoms with Crippen molar-refractivity contribution in [3.8, 4) is 17.2 Å². The Bertz CT molecular complexity index is 1140. The van der Waals surface area contributed by atoms with Crippen molar-refractivity contribution in [2.45, 2.75) is 6.04 Å². The molecule has 3 aromatic carbocycles. The average molecular weight is 420 g/mol. The first-order valence-electron chi connectivity index (χ1n) is 9.23. The van der Waals surface area contributed by atoms with Gasteiger partial charge in [0.15, 0.2) is 0 Å². The fourth-order valence-corrected chi connectivity index (χ4v) is 3.10. The fourth-order valence-electron chi connectivity index (χ4n) is 2.97. The van der Waals surface area contributed by atoms with Gasteiger partial charge in [0, 0.05) is 16.1 Å². The highest BCUT2D eigenvalue weighted by Gasteiger charge is 2.24. The normalized spacial score (nSPS) is 11.7. The van der Waals surface area contributed by atoms with Crippen molar-refractivity contribution in [3.63, 3.8) is 0 Å². The molecular formula is C23H18ClN3O3. The van der Waals surface area contributed by atoms with E-state index in [1.54, 1.807) is 55.6 Å². The molecule has 0 aliphatic rings. The van der Waals surface area contributed by atoms with Crippen LogP contribution in [-0.2, 0) is 0 Å². The molecule has 1 N–H and O–H groups in total. The van der Waals surface area contributed by atoms with Gasteiger partial charge in [0.1, 0.15) is 11.8 Å². The number of aromatic nitrogens is 2. The predicted octanol–water partition coefficient (Wildman–Crippen LogP) is 4.92. The summed E-state index contributed by atoms with van der Waals surface area (Å²) in [5, 5.41) is 11.9. The van der Waals surface area contributed by atoms with Crippen molar-refractivity contribution in [1.29, 1.82) is 0 Å². The largest absolute Gasteiger partial charge is 0.497 e. The average Bonchev–Trinajstić information content (AvgIpc) is 3.28. The summed E-state index contributed by atoms with van der Waals surface area (Å²) >= 11 is 5.95. The number of halogens is 1. The highest BCUT2D eigenvalue weighted by Crippen LogP contribution is 2.26. The highest BCUT2D eigenvalue weighted by molar-refractivity contribution is 6.30. The third-order valence-corrected chi connectivity index (χ3v) is 4.77. The Morgan fingerprint density at radius 2 is 1.77 bits per heavy atom. The zero-order valence-corrected chi connectivity index (χ0v) is 16.8. The van der Waals surface area contributed by atoms with Gasteiger partial charge in [0.2, 0.25) is 11.8 Å². The molecule has 4 rings (SSSR count). The van der Waals surface area contributed by atoms with Gasteiger partial charge in [-0.3, -0.25) is 4.79 Å². The molecule has 0 fully saturated rings. The first-order chi connectivity index (χ1) is 14.6. The number of carbonyl (C=O) groups is 1. The number of ether oxygens (including phenoxy) is 1. The minimum absolute atomic E-state index is 0.280. The maximum absolute atomic E-state index is 12.9. The lowest BCUT2D eigenvalue weighted by molar-refractivity contribution is 0.0937. The van der Waals surface area contributed by atoms with Gasteiger partial charge in [-0.1, -0.05) is 48.0 Å². The van der Waals surface area contributed by atoms with Gasteiger partial charge in [0.05, 0.1) is 7.11 Å². The van der Waals surface area contributed by atoms with Crippen molar-refractivity contribution in [2.24, 2.45) is 0 Å². The summed E-state index contributed by atoms with van der Waals surface area (Å²) in [6.45, 7) is 0. The molecule has 1 amide bonds. The maximum Gasteiger partial charge on any atom is 0.252 e. The molecule has 0 bridgehead atoms. The fraction of sp³-hybridized carbons (Fsp3) is 0.0870. The minimum atomic E-state index is -0.613. The number of rotatable bonds is 6. The first-order valence-corrected chi connectivity index (χ1v) is 9.61. The Labute approximate surface area is 178 Å². The van der Waals surface area contributed by atoms with Crippen molar-refractivity contribution in [2.75, 3.05) is 7.11 Å². The van der Waals surface area contributed by atoms with Crippen LogP contribution in [0.5, 0.6) is 5.75 Å². The molecule has 0 radical (unpaired) electrons. The SMILES string of the molecule is COc1cccc(C(=O)NC(c2ccccc2)c2nnc(-c3ccc(Cl)cc3)o2)c1. The van der Waals surface area contributed by atoms with Gasteiger partial charge in [-0.05, 0) is 48.0 Å². The third-order valence-electron chi connectivity index (χ3n) is 4.52. The summed E-state index contributed by atoms with van der Waals surface area (Å²) in [6.07, 6.45) is 0. The summed E-state index contributed by atoms with van der Waals surface area (Å²) in [6, 6.07) is 22.9. The molecule has 4 aromatic rings. The molecule has 1 aromatic heterocycles. The van der Waals surface area contributed by atoms with Gasteiger partial charge in [-0.2, -0.15) is 0 Å².